The fraction of sp³-hybridized carbons (Fsp3) is 0.611. The molecule has 0 radical (unpaired) electrons. The molecule has 2 aliphatic heterocycles. The van der Waals surface area contributed by atoms with Crippen LogP contribution in [0, 0.1) is 0 Å². The Balaban J connectivity index is 2.46. The van der Waals surface area contributed by atoms with Gasteiger partial charge in [0.15, 0.2) is 17.8 Å². The van der Waals surface area contributed by atoms with Crippen molar-refractivity contribution in [3.05, 3.63) is 11.1 Å². The Labute approximate surface area is 172 Å². The number of rotatable bonds is 5. The van der Waals surface area contributed by atoms with Crippen LogP contribution in [0.15, 0.2) is 11.1 Å². The lowest BCUT2D eigenvalue weighted by Crippen LogP contribution is -2.66. The van der Waals surface area contributed by atoms with Crippen molar-refractivity contribution >= 4 is 41.3 Å². The van der Waals surface area contributed by atoms with Crippen LogP contribution in [0.5, 0.6) is 0 Å². The monoisotopic (exact) mass is 431 g/mol. The predicted molar refractivity (Wildman–Crippen MR) is 96.3 cm³/mol. The molecular weight excluding hydrogens is 410 g/mol. The number of amides is 2. The van der Waals surface area contributed by atoms with Crippen LogP contribution in [0.4, 0.5) is 0 Å². The van der Waals surface area contributed by atoms with Gasteiger partial charge in [-0.15, -0.1) is 0 Å². The van der Waals surface area contributed by atoms with Crippen molar-refractivity contribution in [3.8, 4) is 0 Å². The molecule has 0 N–H and O–H groups in total. The van der Waals surface area contributed by atoms with Gasteiger partial charge in [0.1, 0.15) is 18.8 Å². The molecule has 11 heteroatoms. The number of nitrogens with zero attached hydrogens (tertiary/aromatic N) is 1. The largest absolute Gasteiger partial charge is 0.463 e. The van der Waals surface area contributed by atoms with Crippen molar-refractivity contribution < 1.29 is 42.9 Å². The van der Waals surface area contributed by atoms with E-state index in [1.165, 1.54) is 20.8 Å². The molecule has 5 atom stereocenters. The summed E-state index contributed by atoms with van der Waals surface area (Å²) in [5.41, 5.74) is -0.892. The smallest absolute Gasteiger partial charge is 0.303 e. The highest BCUT2D eigenvalue weighted by molar-refractivity contribution is 6.23. The fourth-order valence-electron chi connectivity index (χ4n) is 3.19. The summed E-state index contributed by atoms with van der Waals surface area (Å²) < 4.78 is 21.1. The van der Waals surface area contributed by atoms with E-state index in [0.717, 1.165) is 18.7 Å². The highest BCUT2D eigenvalue weighted by Crippen LogP contribution is 2.35. The maximum atomic E-state index is 12.6. The molecule has 2 aliphatic rings. The molecular formula is C18H22ClNO9. The molecule has 10 nitrogen and oxygen atoms in total. The van der Waals surface area contributed by atoms with Crippen LogP contribution in [0.25, 0.3) is 0 Å². The molecule has 0 saturated carbocycles. The topological polar surface area (TPSA) is 126 Å². The molecule has 0 unspecified atom stereocenters. The summed E-state index contributed by atoms with van der Waals surface area (Å²) in [5, 5.41) is 0. The van der Waals surface area contributed by atoms with E-state index >= 15 is 0 Å². The van der Waals surface area contributed by atoms with Crippen LogP contribution in [0.2, 0.25) is 0 Å². The normalized spacial score (nSPS) is 29.7. The fourth-order valence-corrected chi connectivity index (χ4v) is 3.57. The van der Waals surface area contributed by atoms with Crippen molar-refractivity contribution in [3.63, 3.8) is 0 Å². The average Bonchev–Trinajstić information content (AvgIpc) is 2.79. The van der Waals surface area contributed by atoms with Gasteiger partial charge in [0.2, 0.25) is 0 Å². The molecule has 160 valence electrons. The van der Waals surface area contributed by atoms with E-state index in [0.29, 0.717) is 0 Å². The molecule has 29 heavy (non-hydrogen) atoms. The molecule has 2 amide bonds. The zero-order valence-corrected chi connectivity index (χ0v) is 17.3. The summed E-state index contributed by atoms with van der Waals surface area (Å²) in [6.07, 6.45) is -3.70. The van der Waals surface area contributed by atoms with E-state index in [2.05, 4.69) is 0 Å². The van der Waals surface area contributed by atoms with Crippen LogP contribution >= 0.6 is 11.6 Å². The number of imide groups is 1. The van der Waals surface area contributed by atoms with Crippen molar-refractivity contribution in [2.24, 2.45) is 0 Å². The minimum Gasteiger partial charge on any atom is -0.463 e. The predicted octanol–water partition coefficient (Wildman–Crippen LogP) is 0.450. The zero-order valence-electron chi connectivity index (χ0n) is 16.6. The zero-order chi connectivity index (χ0) is 22.0. The number of esters is 3. The lowest BCUT2D eigenvalue weighted by molar-refractivity contribution is -0.222. The average molecular weight is 432 g/mol. The number of carbonyl (C=O) groups is 5. The number of carbonyl (C=O) groups excluding carboxylic acids is 5. The van der Waals surface area contributed by atoms with Gasteiger partial charge in [-0.2, -0.15) is 0 Å². The number of ether oxygens (including phenoxy) is 4. The molecule has 2 heterocycles. The number of alkyl halides is 1. The molecule has 0 bridgehead atoms. The molecule has 2 rings (SSSR count). The summed E-state index contributed by atoms with van der Waals surface area (Å²) >= 11 is 6.32. The van der Waals surface area contributed by atoms with Gasteiger partial charge in [-0.1, -0.05) is 11.6 Å². The quantitative estimate of drug-likeness (QED) is 0.264. The van der Waals surface area contributed by atoms with Crippen molar-refractivity contribution in [2.45, 2.75) is 64.5 Å². The van der Waals surface area contributed by atoms with Gasteiger partial charge in [0, 0.05) is 31.9 Å². The highest BCUT2D eigenvalue weighted by atomic mass is 35.5. The van der Waals surface area contributed by atoms with Crippen LogP contribution in [0.3, 0.4) is 0 Å². The maximum absolute atomic E-state index is 12.6. The van der Waals surface area contributed by atoms with E-state index in [9.17, 15) is 24.0 Å². The highest BCUT2D eigenvalue weighted by Gasteiger charge is 2.55. The first kappa shape index (κ1) is 22.8. The second-order valence-corrected chi connectivity index (χ2v) is 7.13. The van der Waals surface area contributed by atoms with Crippen LogP contribution in [-0.2, 0) is 42.9 Å². The molecule has 0 aliphatic carbocycles. The van der Waals surface area contributed by atoms with Crippen molar-refractivity contribution in [2.75, 3.05) is 6.61 Å². The van der Waals surface area contributed by atoms with Gasteiger partial charge >= 0.3 is 17.9 Å². The molecule has 0 spiro atoms. The van der Waals surface area contributed by atoms with E-state index in [1.807, 2.05) is 0 Å². The van der Waals surface area contributed by atoms with Crippen molar-refractivity contribution in [1.29, 1.82) is 0 Å². The first-order valence-corrected chi connectivity index (χ1v) is 9.22. The summed E-state index contributed by atoms with van der Waals surface area (Å²) in [6, 6.07) is -1.27. The van der Waals surface area contributed by atoms with E-state index in [4.69, 9.17) is 30.5 Å². The van der Waals surface area contributed by atoms with Gasteiger partial charge < -0.3 is 18.9 Å². The maximum Gasteiger partial charge on any atom is 0.303 e. The SMILES string of the molecule is CC(=O)OC[C@H]1O[C@@H](Cl)[C@H](N2C(=O)C(C)=C(C)C2=O)[C@@H](OC(C)=O)[C@@H]1OC(C)=O. The number of hydrogen-bond donors (Lipinski definition) is 0. The van der Waals surface area contributed by atoms with E-state index in [-0.39, 0.29) is 17.8 Å². The number of hydrogen-bond acceptors (Lipinski definition) is 9. The van der Waals surface area contributed by atoms with Crippen LogP contribution in [0.1, 0.15) is 34.6 Å². The van der Waals surface area contributed by atoms with Gasteiger partial charge in [0.05, 0.1) is 0 Å². The Bertz CT molecular complexity index is 753. The van der Waals surface area contributed by atoms with E-state index < -0.39 is 59.6 Å². The Kier molecular flexibility index (Phi) is 7.02. The summed E-state index contributed by atoms with van der Waals surface area (Å²) in [6.45, 7) is 6.03. The van der Waals surface area contributed by atoms with Crippen LogP contribution < -0.4 is 0 Å². The lowest BCUT2D eigenvalue weighted by atomic mass is 9.96. The van der Waals surface area contributed by atoms with Gasteiger partial charge in [-0.25, -0.2) is 0 Å². The van der Waals surface area contributed by atoms with Gasteiger partial charge in [0.25, 0.3) is 11.8 Å². The van der Waals surface area contributed by atoms with E-state index in [1.54, 1.807) is 0 Å². The Morgan fingerprint density at radius 1 is 0.931 bits per heavy atom. The third-order valence-electron chi connectivity index (χ3n) is 4.59. The minimum absolute atomic E-state index is 0.214. The standard InChI is InChI=1S/C18H22ClNO9/c1-7-8(2)18(25)20(17(7)24)13-15(28-11(5)23)14(27-10(4)22)12(29-16(13)19)6-26-9(3)21/h12-16H,6H2,1-5H3/t12-,13-,14-,15-,16-/m1/s1. The Morgan fingerprint density at radius 3 is 1.86 bits per heavy atom. The Morgan fingerprint density at radius 2 is 1.41 bits per heavy atom. The third kappa shape index (κ3) is 4.76. The molecule has 1 fully saturated rings. The van der Waals surface area contributed by atoms with Crippen LogP contribution in [-0.4, -0.2) is 71.1 Å². The summed E-state index contributed by atoms with van der Waals surface area (Å²) in [5.74, 6) is -3.35. The van der Waals surface area contributed by atoms with Gasteiger partial charge in [-0.05, 0) is 13.8 Å². The Hall–Kier alpha value is -2.46. The minimum atomic E-state index is -1.33. The lowest BCUT2D eigenvalue weighted by Gasteiger charge is -2.45. The first-order chi connectivity index (χ1) is 13.5. The second-order valence-electron chi connectivity index (χ2n) is 6.70. The van der Waals surface area contributed by atoms with Gasteiger partial charge in [-0.3, -0.25) is 28.9 Å². The number of halogens is 1. The molecule has 0 aromatic carbocycles. The van der Waals surface area contributed by atoms with Crippen molar-refractivity contribution in [1.82, 2.24) is 4.90 Å². The molecule has 0 aromatic heterocycles. The first-order valence-electron chi connectivity index (χ1n) is 8.78. The molecule has 0 aromatic rings. The summed E-state index contributed by atoms with van der Waals surface area (Å²) in [7, 11) is 0. The molecule has 1 saturated heterocycles. The second kappa shape index (κ2) is 8.91. The third-order valence-corrected chi connectivity index (χ3v) is 4.96. The summed E-state index contributed by atoms with van der Waals surface area (Å²) in [4.78, 5) is 60.7.